The summed E-state index contributed by atoms with van der Waals surface area (Å²) in [5, 5.41) is 2.96. The second-order valence-electron chi connectivity index (χ2n) is 6.73. The van der Waals surface area contributed by atoms with Gasteiger partial charge in [-0.3, -0.25) is 9.69 Å². The number of amides is 1. The van der Waals surface area contributed by atoms with Gasteiger partial charge < -0.3 is 19.5 Å². The highest BCUT2D eigenvalue weighted by Crippen LogP contribution is 2.33. The molecule has 1 heterocycles. The smallest absolute Gasteiger partial charge is 0.225 e. The molecular weight excluding hydrogens is 356 g/mol. The Kier molecular flexibility index (Phi) is 6.76. The first-order valence-corrected chi connectivity index (χ1v) is 9.62. The first-order chi connectivity index (χ1) is 13.6. The van der Waals surface area contributed by atoms with Gasteiger partial charge in [-0.05, 0) is 48.7 Å². The highest BCUT2D eigenvalue weighted by Gasteiger charge is 2.20. The Labute approximate surface area is 166 Å². The molecule has 2 aromatic rings. The van der Waals surface area contributed by atoms with Crippen LogP contribution in [0.4, 0.5) is 5.69 Å². The molecule has 0 unspecified atom stereocenters. The fourth-order valence-electron chi connectivity index (χ4n) is 3.46. The predicted octanol–water partition coefficient (Wildman–Crippen LogP) is 3.49. The van der Waals surface area contributed by atoms with Crippen molar-refractivity contribution in [2.45, 2.75) is 26.3 Å². The number of fused-ring (bicyclic) bond motifs is 1. The highest BCUT2D eigenvalue weighted by atomic mass is 16.5. The van der Waals surface area contributed by atoms with Crippen molar-refractivity contribution >= 4 is 11.6 Å². The lowest BCUT2D eigenvalue weighted by atomic mass is 9.98. The van der Waals surface area contributed by atoms with E-state index < -0.39 is 0 Å². The van der Waals surface area contributed by atoms with Crippen LogP contribution in [0.25, 0.3) is 0 Å². The molecular formula is C22H28N2O4. The van der Waals surface area contributed by atoms with Crippen molar-refractivity contribution in [3.05, 3.63) is 47.5 Å². The summed E-state index contributed by atoms with van der Waals surface area (Å²) in [5.41, 5.74) is 3.23. The number of benzene rings is 2. The van der Waals surface area contributed by atoms with Gasteiger partial charge in [0.15, 0.2) is 11.5 Å². The number of rotatable bonds is 8. The van der Waals surface area contributed by atoms with Crippen LogP contribution in [0.15, 0.2) is 36.4 Å². The Hall–Kier alpha value is -2.73. The third-order valence-electron chi connectivity index (χ3n) is 4.91. The Morgan fingerprint density at radius 1 is 1.07 bits per heavy atom. The molecule has 1 aliphatic rings. The zero-order valence-electron chi connectivity index (χ0n) is 16.8. The number of hydrogen-bond donors (Lipinski definition) is 1. The van der Waals surface area contributed by atoms with Gasteiger partial charge in [-0.1, -0.05) is 12.1 Å². The van der Waals surface area contributed by atoms with E-state index in [4.69, 9.17) is 14.2 Å². The lowest BCUT2D eigenvalue weighted by molar-refractivity contribution is -0.116. The molecule has 150 valence electrons. The van der Waals surface area contributed by atoms with Crippen LogP contribution < -0.4 is 19.5 Å². The van der Waals surface area contributed by atoms with E-state index in [9.17, 15) is 4.79 Å². The third kappa shape index (κ3) is 4.75. The normalized spacial score (nSPS) is 13.5. The van der Waals surface area contributed by atoms with Gasteiger partial charge in [-0.25, -0.2) is 0 Å². The number of hydrogen-bond acceptors (Lipinski definition) is 5. The van der Waals surface area contributed by atoms with E-state index in [-0.39, 0.29) is 5.91 Å². The van der Waals surface area contributed by atoms with E-state index in [2.05, 4.69) is 16.3 Å². The van der Waals surface area contributed by atoms with Crippen molar-refractivity contribution in [1.82, 2.24) is 4.90 Å². The summed E-state index contributed by atoms with van der Waals surface area (Å²) in [4.78, 5) is 14.7. The minimum Gasteiger partial charge on any atom is -0.493 e. The minimum absolute atomic E-state index is 0.00902. The Bertz CT molecular complexity index is 822. The Morgan fingerprint density at radius 2 is 1.79 bits per heavy atom. The number of para-hydroxylation sites is 2. The van der Waals surface area contributed by atoms with Crippen LogP contribution >= 0.6 is 0 Å². The Morgan fingerprint density at radius 3 is 2.50 bits per heavy atom. The lowest BCUT2D eigenvalue weighted by Crippen LogP contribution is -2.33. The molecule has 28 heavy (non-hydrogen) atoms. The van der Waals surface area contributed by atoms with Crippen molar-refractivity contribution in [2.24, 2.45) is 0 Å². The minimum atomic E-state index is -0.00902. The molecule has 3 rings (SSSR count). The fraction of sp³-hybridized carbons (Fsp3) is 0.409. The largest absolute Gasteiger partial charge is 0.493 e. The average Bonchev–Trinajstić information content (AvgIpc) is 2.72. The van der Waals surface area contributed by atoms with Gasteiger partial charge in [0.25, 0.3) is 0 Å². The number of ether oxygens (including phenoxy) is 3. The van der Waals surface area contributed by atoms with Gasteiger partial charge in [0.2, 0.25) is 5.91 Å². The SMILES string of the molecule is CCOc1ccccc1NC(=O)CCN1CCc2cc(OC)c(OC)cc2C1. The van der Waals surface area contributed by atoms with Crippen LogP contribution in [0.1, 0.15) is 24.5 Å². The molecule has 0 aliphatic carbocycles. The summed E-state index contributed by atoms with van der Waals surface area (Å²) in [6.45, 7) is 4.92. The summed E-state index contributed by atoms with van der Waals surface area (Å²) >= 11 is 0. The van der Waals surface area contributed by atoms with Crippen LogP contribution in [0, 0.1) is 0 Å². The van der Waals surface area contributed by atoms with E-state index >= 15 is 0 Å². The summed E-state index contributed by atoms with van der Waals surface area (Å²) in [5.74, 6) is 2.20. The highest BCUT2D eigenvalue weighted by molar-refractivity contribution is 5.92. The summed E-state index contributed by atoms with van der Waals surface area (Å²) in [7, 11) is 3.30. The van der Waals surface area contributed by atoms with E-state index in [1.165, 1.54) is 11.1 Å². The van der Waals surface area contributed by atoms with Crippen LogP contribution in [-0.2, 0) is 17.8 Å². The van der Waals surface area contributed by atoms with Gasteiger partial charge in [0, 0.05) is 26.1 Å². The van der Waals surface area contributed by atoms with Crippen molar-refractivity contribution in [3.8, 4) is 17.2 Å². The van der Waals surface area contributed by atoms with E-state index in [1.807, 2.05) is 37.3 Å². The van der Waals surface area contributed by atoms with Crippen molar-refractivity contribution in [3.63, 3.8) is 0 Å². The van der Waals surface area contributed by atoms with Gasteiger partial charge in [-0.2, -0.15) is 0 Å². The van der Waals surface area contributed by atoms with E-state index in [0.717, 1.165) is 36.7 Å². The van der Waals surface area contributed by atoms with Crippen molar-refractivity contribution in [2.75, 3.05) is 39.2 Å². The first kappa shape index (κ1) is 20.0. The van der Waals surface area contributed by atoms with Gasteiger partial charge in [0.1, 0.15) is 5.75 Å². The van der Waals surface area contributed by atoms with Crippen LogP contribution in [0.2, 0.25) is 0 Å². The van der Waals surface area contributed by atoms with Gasteiger partial charge >= 0.3 is 0 Å². The van der Waals surface area contributed by atoms with E-state index in [0.29, 0.717) is 25.3 Å². The molecule has 0 saturated carbocycles. The quantitative estimate of drug-likeness (QED) is 0.755. The van der Waals surface area contributed by atoms with E-state index in [1.54, 1.807) is 14.2 Å². The number of carbonyl (C=O) groups is 1. The maximum Gasteiger partial charge on any atom is 0.225 e. The van der Waals surface area contributed by atoms with Gasteiger partial charge in [0.05, 0.1) is 26.5 Å². The molecule has 0 bridgehead atoms. The molecule has 6 heteroatoms. The number of carbonyl (C=O) groups excluding carboxylic acids is 1. The molecule has 0 atom stereocenters. The van der Waals surface area contributed by atoms with Gasteiger partial charge in [-0.15, -0.1) is 0 Å². The number of nitrogens with zero attached hydrogens (tertiary/aromatic N) is 1. The Balaban J connectivity index is 1.57. The standard InChI is InChI=1S/C22H28N2O4/c1-4-28-19-8-6-5-7-18(19)23-22(25)10-12-24-11-9-16-13-20(26-2)21(27-3)14-17(16)15-24/h5-8,13-14H,4,9-12,15H2,1-3H3,(H,23,25). The molecule has 6 nitrogen and oxygen atoms in total. The third-order valence-corrected chi connectivity index (χ3v) is 4.91. The maximum absolute atomic E-state index is 12.4. The predicted molar refractivity (Wildman–Crippen MR) is 109 cm³/mol. The first-order valence-electron chi connectivity index (χ1n) is 9.62. The zero-order valence-corrected chi connectivity index (χ0v) is 16.8. The summed E-state index contributed by atoms with van der Waals surface area (Å²) in [6, 6.07) is 11.6. The van der Waals surface area contributed by atoms with Crippen molar-refractivity contribution in [1.29, 1.82) is 0 Å². The van der Waals surface area contributed by atoms with Crippen molar-refractivity contribution < 1.29 is 19.0 Å². The molecule has 0 saturated heterocycles. The molecule has 1 N–H and O–H groups in total. The van der Waals surface area contributed by atoms with Crippen LogP contribution in [-0.4, -0.2) is 44.7 Å². The number of methoxy groups -OCH3 is 2. The summed E-state index contributed by atoms with van der Waals surface area (Å²) < 4.78 is 16.4. The lowest BCUT2D eigenvalue weighted by Gasteiger charge is -2.29. The fourth-order valence-corrected chi connectivity index (χ4v) is 3.46. The summed E-state index contributed by atoms with van der Waals surface area (Å²) in [6.07, 6.45) is 1.37. The molecule has 1 aliphatic heterocycles. The monoisotopic (exact) mass is 384 g/mol. The van der Waals surface area contributed by atoms with Crippen LogP contribution in [0.3, 0.4) is 0 Å². The zero-order chi connectivity index (χ0) is 19.9. The molecule has 0 aromatic heterocycles. The topological polar surface area (TPSA) is 60.0 Å². The molecule has 1 amide bonds. The molecule has 0 fully saturated rings. The number of anilines is 1. The second kappa shape index (κ2) is 9.46. The molecule has 2 aromatic carbocycles. The molecule has 0 spiro atoms. The maximum atomic E-state index is 12.4. The number of nitrogens with one attached hydrogen (secondary N) is 1. The second-order valence-corrected chi connectivity index (χ2v) is 6.73. The van der Waals surface area contributed by atoms with Crippen LogP contribution in [0.5, 0.6) is 17.2 Å². The average molecular weight is 384 g/mol. The molecule has 0 radical (unpaired) electrons.